The summed E-state index contributed by atoms with van der Waals surface area (Å²) < 4.78 is 37.9. The zero-order chi connectivity index (χ0) is 9.35. The topological polar surface area (TPSA) is 18.8 Å². The predicted octanol–water partition coefficient (Wildman–Crippen LogP) is 1.81. The third-order valence-electron chi connectivity index (χ3n) is 1.44. The molecule has 1 atom stereocenters. The fraction of sp³-hybridized carbons (Fsp3) is 0.800. The SMILES string of the molecule is CCN1N=CN(I)C1C(F)(F)F. The van der Waals surface area contributed by atoms with E-state index in [1.165, 1.54) is 6.34 Å². The van der Waals surface area contributed by atoms with Gasteiger partial charge in [0.15, 0.2) is 0 Å². The van der Waals surface area contributed by atoms with Gasteiger partial charge in [-0.05, 0) is 6.92 Å². The van der Waals surface area contributed by atoms with Gasteiger partial charge in [-0.25, -0.2) is 0 Å². The van der Waals surface area contributed by atoms with Crippen LogP contribution in [0.5, 0.6) is 0 Å². The molecule has 0 saturated carbocycles. The van der Waals surface area contributed by atoms with Crippen molar-refractivity contribution in [2.24, 2.45) is 5.10 Å². The molecule has 0 aromatic rings. The number of rotatable bonds is 1. The van der Waals surface area contributed by atoms with Crippen LogP contribution in [0.4, 0.5) is 13.2 Å². The second-order valence-electron chi connectivity index (χ2n) is 2.25. The van der Waals surface area contributed by atoms with Crippen LogP contribution in [0.3, 0.4) is 0 Å². The van der Waals surface area contributed by atoms with E-state index in [-0.39, 0.29) is 6.54 Å². The number of hydrazone groups is 1. The minimum Gasteiger partial charge on any atom is -0.272 e. The lowest BCUT2D eigenvalue weighted by Gasteiger charge is -2.27. The van der Waals surface area contributed by atoms with Crippen molar-refractivity contribution in [3.63, 3.8) is 0 Å². The minimum atomic E-state index is -4.26. The zero-order valence-corrected chi connectivity index (χ0v) is 8.37. The van der Waals surface area contributed by atoms with E-state index in [0.29, 0.717) is 0 Å². The van der Waals surface area contributed by atoms with Crippen LogP contribution < -0.4 is 0 Å². The molecule has 0 amide bonds. The van der Waals surface area contributed by atoms with E-state index in [4.69, 9.17) is 0 Å². The van der Waals surface area contributed by atoms with Gasteiger partial charge in [0.05, 0.1) is 22.9 Å². The van der Waals surface area contributed by atoms with E-state index >= 15 is 0 Å². The first-order valence-corrected chi connectivity index (χ1v) is 4.25. The van der Waals surface area contributed by atoms with Crippen molar-refractivity contribution in [3.8, 4) is 0 Å². The quantitative estimate of drug-likeness (QED) is 0.542. The summed E-state index contributed by atoms with van der Waals surface area (Å²) in [6.07, 6.45) is -4.70. The van der Waals surface area contributed by atoms with Gasteiger partial charge >= 0.3 is 6.18 Å². The largest absolute Gasteiger partial charge is 0.429 e. The van der Waals surface area contributed by atoms with Gasteiger partial charge in [-0.15, -0.1) is 0 Å². The van der Waals surface area contributed by atoms with Crippen LogP contribution in [0.2, 0.25) is 0 Å². The van der Waals surface area contributed by atoms with Crippen molar-refractivity contribution >= 4 is 29.2 Å². The van der Waals surface area contributed by atoms with E-state index < -0.39 is 12.3 Å². The Bertz CT molecular complexity index is 193. The fourth-order valence-electron chi connectivity index (χ4n) is 0.933. The molecule has 3 nitrogen and oxygen atoms in total. The Kier molecular flexibility index (Phi) is 2.69. The molecule has 12 heavy (non-hydrogen) atoms. The van der Waals surface area contributed by atoms with Crippen LogP contribution in [-0.2, 0) is 0 Å². The summed E-state index contributed by atoms with van der Waals surface area (Å²) in [6.45, 7) is 1.88. The van der Waals surface area contributed by atoms with Crippen molar-refractivity contribution < 1.29 is 13.2 Å². The Hall–Kier alpha value is -0.210. The highest BCUT2D eigenvalue weighted by Gasteiger charge is 2.48. The molecule has 0 saturated heterocycles. The van der Waals surface area contributed by atoms with Gasteiger partial charge in [0.2, 0.25) is 6.17 Å². The molecule has 1 unspecified atom stereocenters. The second-order valence-corrected chi connectivity index (χ2v) is 3.36. The van der Waals surface area contributed by atoms with Crippen LogP contribution >= 0.6 is 22.9 Å². The van der Waals surface area contributed by atoms with E-state index in [1.807, 2.05) is 0 Å². The van der Waals surface area contributed by atoms with Crippen molar-refractivity contribution in [1.82, 2.24) is 8.12 Å². The summed E-state index contributed by atoms with van der Waals surface area (Å²) in [5.74, 6) is 0. The molecule has 1 aliphatic heterocycles. The maximum Gasteiger partial charge on any atom is 0.429 e. The lowest BCUT2D eigenvalue weighted by Crippen LogP contribution is -2.46. The Labute approximate surface area is 81.7 Å². The second kappa shape index (κ2) is 3.27. The molecule has 1 rings (SSSR count). The zero-order valence-electron chi connectivity index (χ0n) is 6.22. The molecule has 0 radical (unpaired) electrons. The van der Waals surface area contributed by atoms with Crippen LogP contribution in [0, 0.1) is 0 Å². The van der Waals surface area contributed by atoms with E-state index in [2.05, 4.69) is 5.10 Å². The van der Waals surface area contributed by atoms with E-state index in [1.54, 1.807) is 29.8 Å². The van der Waals surface area contributed by atoms with Gasteiger partial charge in [-0.1, -0.05) is 0 Å². The molecule has 70 valence electrons. The Morgan fingerprint density at radius 2 is 2.17 bits per heavy atom. The highest BCUT2D eigenvalue weighted by atomic mass is 127. The average Bonchev–Trinajstić information content (AvgIpc) is 2.29. The Balaban J connectivity index is 2.75. The summed E-state index contributed by atoms with van der Waals surface area (Å²) in [7, 11) is 0. The van der Waals surface area contributed by atoms with Gasteiger partial charge in [-0.2, -0.15) is 18.3 Å². The lowest BCUT2D eigenvalue weighted by molar-refractivity contribution is -0.193. The number of nitrogens with zero attached hydrogens (tertiary/aromatic N) is 3. The van der Waals surface area contributed by atoms with Crippen molar-refractivity contribution in [1.29, 1.82) is 0 Å². The first kappa shape index (κ1) is 9.87. The summed E-state index contributed by atoms with van der Waals surface area (Å²) >= 11 is 1.58. The Morgan fingerprint density at radius 3 is 2.50 bits per heavy atom. The highest BCUT2D eigenvalue weighted by molar-refractivity contribution is 14.1. The summed E-state index contributed by atoms with van der Waals surface area (Å²) in [4.78, 5) is 0. The Morgan fingerprint density at radius 1 is 1.58 bits per heavy atom. The molecule has 1 aliphatic rings. The molecular weight excluding hydrogens is 286 g/mol. The standard InChI is InChI=1S/C5H7F3IN3/c1-2-12-4(5(6,7)8)11(9)3-10-12/h3-4H,2H2,1H3. The summed E-state index contributed by atoms with van der Waals surface area (Å²) in [5, 5.41) is 4.58. The molecule has 0 N–H and O–H groups in total. The maximum absolute atomic E-state index is 12.3. The molecule has 0 aliphatic carbocycles. The van der Waals surface area contributed by atoms with Crippen molar-refractivity contribution in [2.75, 3.05) is 6.54 Å². The number of hydrogen-bond acceptors (Lipinski definition) is 3. The molecule has 7 heteroatoms. The maximum atomic E-state index is 12.3. The third-order valence-corrected chi connectivity index (χ3v) is 2.22. The molecule has 0 bridgehead atoms. The number of halogens is 4. The molecule has 0 spiro atoms. The van der Waals surface area contributed by atoms with Crippen LogP contribution in [0.25, 0.3) is 0 Å². The van der Waals surface area contributed by atoms with E-state index in [0.717, 1.165) is 8.12 Å². The first-order valence-electron chi connectivity index (χ1n) is 3.28. The van der Waals surface area contributed by atoms with Crippen molar-refractivity contribution in [2.45, 2.75) is 19.3 Å². The van der Waals surface area contributed by atoms with Gasteiger partial charge < -0.3 is 0 Å². The molecule has 1 heterocycles. The fourth-order valence-corrected chi connectivity index (χ4v) is 1.65. The smallest absolute Gasteiger partial charge is 0.272 e. The highest BCUT2D eigenvalue weighted by Crippen LogP contribution is 2.31. The lowest BCUT2D eigenvalue weighted by atomic mass is 10.4. The predicted molar refractivity (Wildman–Crippen MR) is 46.6 cm³/mol. The molecular formula is C5H7F3IN3. The van der Waals surface area contributed by atoms with Crippen molar-refractivity contribution in [3.05, 3.63) is 0 Å². The van der Waals surface area contributed by atoms with Gasteiger partial charge in [0.25, 0.3) is 0 Å². The van der Waals surface area contributed by atoms with Crippen LogP contribution in [0.1, 0.15) is 6.92 Å². The van der Waals surface area contributed by atoms with Crippen LogP contribution in [0.15, 0.2) is 5.10 Å². The third kappa shape index (κ3) is 1.75. The average molecular weight is 293 g/mol. The summed E-state index contributed by atoms with van der Waals surface area (Å²) in [6, 6.07) is 0. The molecule has 0 aromatic carbocycles. The number of hydrogen-bond donors (Lipinski definition) is 0. The van der Waals surface area contributed by atoms with E-state index in [9.17, 15) is 13.2 Å². The van der Waals surface area contributed by atoms with Gasteiger partial charge in [0.1, 0.15) is 6.34 Å². The van der Waals surface area contributed by atoms with Crippen LogP contribution in [-0.4, -0.2) is 33.3 Å². The normalized spacial score (nSPS) is 23.9. The molecule has 0 aromatic heterocycles. The summed E-state index contributed by atoms with van der Waals surface area (Å²) in [5.41, 5.74) is 0. The van der Waals surface area contributed by atoms with Gasteiger partial charge in [0, 0.05) is 6.54 Å². The number of alkyl halides is 3. The van der Waals surface area contributed by atoms with Gasteiger partial charge in [-0.3, -0.25) is 8.12 Å². The molecule has 0 fully saturated rings. The first-order chi connectivity index (χ1) is 5.46. The minimum absolute atomic E-state index is 0.250. The monoisotopic (exact) mass is 293 g/mol.